The first kappa shape index (κ1) is 15.2. The number of benzene rings is 1. The van der Waals surface area contributed by atoms with E-state index in [-0.39, 0.29) is 10.6 Å². The standard InChI is InChI=1S/C14H21FO2S/c1-2-3-4-5-6-7-11-18(16,17)14-10-8-9-13(15)12-14/h8-10,12H,2-7,11H2,1H3. The lowest BCUT2D eigenvalue weighted by Crippen LogP contribution is -2.07. The third kappa shape index (κ3) is 5.17. The molecule has 1 aromatic carbocycles. The molecule has 0 aliphatic carbocycles. The highest BCUT2D eigenvalue weighted by Crippen LogP contribution is 2.15. The molecule has 0 unspecified atom stereocenters. The number of halogens is 1. The van der Waals surface area contributed by atoms with E-state index < -0.39 is 15.7 Å². The van der Waals surface area contributed by atoms with E-state index in [0.29, 0.717) is 6.42 Å². The van der Waals surface area contributed by atoms with Crippen molar-refractivity contribution < 1.29 is 12.8 Å². The van der Waals surface area contributed by atoms with E-state index in [0.717, 1.165) is 25.3 Å². The zero-order valence-electron chi connectivity index (χ0n) is 10.9. The quantitative estimate of drug-likeness (QED) is 0.671. The Labute approximate surface area is 109 Å². The van der Waals surface area contributed by atoms with Crippen LogP contribution in [0.4, 0.5) is 4.39 Å². The summed E-state index contributed by atoms with van der Waals surface area (Å²) in [6.45, 7) is 2.15. The SMILES string of the molecule is CCCCCCCCS(=O)(=O)c1cccc(F)c1. The summed E-state index contributed by atoms with van der Waals surface area (Å²) in [4.78, 5) is 0.0936. The second-order valence-electron chi connectivity index (χ2n) is 4.54. The maximum atomic E-state index is 13.0. The molecule has 0 aromatic heterocycles. The third-order valence-electron chi connectivity index (χ3n) is 2.92. The highest BCUT2D eigenvalue weighted by atomic mass is 32.2. The smallest absolute Gasteiger partial charge is 0.178 e. The molecule has 1 aromatic rings. The molecule has 18 heavy (non-hydrogen) atoms. The van der Waals surface area contributed by atoms with E-state index in [2.05, 4.69) is 6.92 Å². The summed E-state index contributed by atoms with van der Waals surface area (Å²) < 4.78 is 36.8. The van der Waals surface area contributed by atoms with Gasteiger partial charge in [0, 0.05) is 0 Å². The number of unbranched alkanes of at least 4 members (excludes halogenated alkanes) is 5. The predicted molar refractivity (Wildman–Crippen MR) is 71.8 cm³/mol. The Bertz CT molecular complexity index is 455. The van der Waals surface area contributed by atoms with Crippen molar-refractivity contribution >= 4 is 9.84 Å². The lowest BCUT2D eigenvalue weighted by molar-refractivity contribution is 0.580. The topological polar surface area (TPSA) is 34.1 Å². The van der Waals surface area contributed by atoms with Gasteiger partial charge in [0.05, 0.1) is 10.6 Å². The predicted octanol–water partition coefficient (Wildman–Crippen LogP) is 3.96. The number of hydrogen-bond acceptors (Lipinski definition) is 2. The van der Waals surface area contributed by atoms with Crippen LogP contribution in [0.5, 0.6) is 0 Å². The van der Waals surface area contributed by atoms with Gasteiger partial charge in [-0.1, -0.05) is 45.1 Å². The normalized spacial score (nSPS) is 11.7. The van der Waals surface area contributed by atoms with Gasteiger partial charge in [-0.2, -0.15) is 0 Å². The number of sulfone groups is 1. The van der Waals surface area contributed by atoms with Crippen LogP contribution in [0.1, 0.15) is 45.4 Å². The summed E-state index contributed by atoms with van der Waals surface area (Å²) in [5, 5.41) is 0. The number of rotatable bonds is 8. The van der Waals surface area contributed by atoms with Crippen molar-refractivity contribution in [2.75, 3.05) is 5.75 Å². The molecule has 0 N–H and O–H groups in total. The zero-order valence-corrected chi connectivity index (χ0v) is 11.7. The highest BCUT2D eigenvalue weighted by Gasteiger charge is 2.14. The van der Waals surface area contributed by atoms with Crippen LogP contribution >= 0.6 is 0 Å². The van der Waals surface area contributed by atoms with Gasteiger partial charge in [-0.3, -0.25) is 0 Å². The maximum Gasteiger partial charge on any atom is 0.178 e. The van der Waals surface area contributed by atoms with Gasteiger partial charge in [0.15, 0.2) is 9.84 Å². The lowest BCUT2D eigenvalue weighted by atomic mass is 10.1. The molecule has 0 amide bonds. The maximum absolute atomic E-state index is 13.0. The van der Waals surface area contributed by atoms with Crippen molar-refractivity contribution in [3.63, 3.8) is 0 Å². The van der Waals surface area contributed by atoms with Crippen LogP contribution in [0, 0.1) is 5.82 Å². The Kier molecular flexibility index (Phi) is 6.33. The zero-order chi connectivity index (χ0) is 13.4. The monoisotopic (exact) mass is 272 g/mol. The van der Waals surface area contributed by atoms with Gasteiger partial charge in [-0.05, 0) is 24.6 Å². The van der Waals surface area contributed by atoms with Crippen molar-refractivity contribution in [2.45, 2.75) is 50.3 Å². The first-order chi connectivity index (χ1) is 8.56. The van der Waals surface area contributed by atoms with Crippen molar-refractivity contribution in [3.05, 3.63) is 30.1 Å². The fourth-order valence-corrected chi connectivity index (χ4v) is 3.25. The van der Waals surface area contributed by atoms with Crippen LogP contribution in [-0.2, 0) is 9.84 Å². The van der Waals surface area contributed by atoms with Gasteiger partial charge in [0.2, 0.25) is 0 Å². The van der Waals surface area contributed by atoms with Crippen molar-refractivity contribution in [2.24, 2.45) is 0 Å². The molecular formula is C14H21FO2S. The number of hydrogen-bond donors (Lipinski definition) is 0. The Morgan fingerprint density at radius 3 is 2.39 bits per heavy atom. The molecule has 0 aliphatic rings. The van der Waals surface area contributed by atoms with Gasteiger partial charge >= 0.3 is 0 Å². The molecule has 0 saturated carbocycles. The molecule has 102 valence electrons. The minimum Gasteiger partial charge on any atom is -0.224 e. The molecular weight excluding hydrogens is 251 g/mol. The second kappa shape index (κ2) is 7.52. The summed E-state index contributed by atoms with van der Waals surface area (Å²) in [5.74, 6) is -0.387. The van der Waals surface area contributed by atoms with Crippen LogP contribution in [-0.4, -0.2) is 14.2 Å². The molecule has 4 heteroatoms. The first-order valence-corrected chi connectivity index (χ1v) is 8.20. The minimum absolute atomic E-state index is 0.0936. The molecule has 0 aliphatic heterocycles. The molecule has 0 fully saturated rings. The first-order valence-electron chi connectivity index (χ1n) is 6.54. The Hall–Kier alpha value is -0.900. The Balaban J connectivity index is 2.41. The molecule has 0 saturated heterocycles. The Morgan fingerprint density at radius 2 is 1.72 bits per heavy atom. The summed E-state index contributed by atoms with van der Waals surface area (Å²) in [6, 6.07) is 5.23. The van der Waals surface area contributed by atoms with Gasteiger partial charge in [0.25, 0.3) is 0 Å². The van der Waals surface area contributed by atoms with Crippen molar-refractivity contribution in [1.82, 2.24) is 0 Å². The van der Waals surface area contributed by atoms with Gasteiger partial charge in [0.1, 0.15) is 5.82 Å². The van der Waals surface area contributed by atoms with E-state index in [4.69, 9.17) is 0 Å². The summed E-state index contributed by atoms with van der Waals surface area (Å²) in [6.07, 6.45) is 6.21. The van der Waals surface area contributed by atoms with E-state index >= 15 is 0 Å². The van der Waals surface area contributed by atoms with Crippen LogP contribution in [0.25, 0.3) is 0 Å². The van der Waals surface area contributed by atoms with Crippen molar-refractivity contribution in [3.8, 4) is 0 Å². The van der Waals surface area contributed by atoms with Gasteiger partial charge in [-0.15, -0.1) is 0 Å². The van der Waals surface area contributed by atoms with E-state index in [1.54, 1.807) is 0 Å². The Morgan fingerprint density at radius 1 is 1.06 bits per heavy atom. The van der Waals surface area contributed by atoms with E-state index in [9.17, 15) is 12.8 Å². The second-order valence-corrected chi connectivity index (χ2v) is 6.65. The summed E-state index contributed by atoms with van der Waals surface area (Å²) >= 11 is 0. The van der Waals surface area contributed by atoms with E-state index in [1.165, 1.54) is 31.0 Å². The highest BCUT2D eigenvalue weighted by molar-refractivity contribution is 7.91. The fraction of sp³-hybridized carbons (Fsp3) is 0.571. The van der Waals surface area contributed by atoms with Gasteiger partial charge < -0.3 is 0 Å². The molecule has 0 radical (unpaired) electrons. The summed E-state index contributed by atoms with van der Waals surface area (Å²) in [7, 11) is -3.32. The average Bonchev–Trinajstić information content (AvgIpc) is 2.33. The fourth-order valence-electron chi connectivity index (χ4n) is 1.85. The lowest BCUT2D eigenvalue weighted by Gasteiger charge is -2.04. The van der Waals surface area contributed by atoms with Gasteiger partial charge in [-0.25, -0.2) is 12.8 Å². The molecule has 0 bridgehead atoms. The minimum atomic E-state index is -3.32. The molecule has 2 nitrogen and oxygen atoms in total. The summed E-state index contributed by atoms with van der Waals surface area (Å²) in [5.41, 5.74) is 0. The molecule has 1 rings (SSSR count). The van der Waals surface area contributed by atoms with E-state index in [1.807, 2.05) is 0 Å². The average molecular weight is 272 g/mol. The molecule has 0 spiro atoms. The van der Waals surface area contributed by atoms with Crippen LogP contribution < -0.4 is 0 Å². The molecule has 0 atom stereocenters. The molecule has 0 heterocycles. The van der Waals surface area contributed by atoms with Crippen LogP contribution in [0.15, 0.2) is 29.2 Å². The van der Waals surface area contributed by atoms with Crippen molar-refractivity contribution in [1.29, 1.82) is 0 Å². The van der Waals surface area contributed by atoms with Crippen LogP contribution in [0.2, 0.25) is 0 Å². The third-order valence-corrected chi connectivity index (χ3v) is 4.72. The largest absolute Gasteiger partial charge is 0.224 e. The van der Waals surface area contributed by atoms with Crippen LogP contribution in [0.3, 0.4) is 0 Å².